The highest BCUT2D eigenvalue weighted by Gasteiger charge is 2.17. The van der Waals surface area contributed by atoms with Crippen molar-refractivity contribution >= 4 is 16.9 Å². The van der Waals surface area contributed by atoms with Gasteiger partial charge in [0.05, 0.1) is 11.8 Å². The summed E-state index contributed by atoms with van der Waals surface area (Å²) in [5.74, 6) is -1.52. The molecule has 0 atom stereocenters. The molecule has 0 unspecified atom stereocenters. The van der Waals surface area contributed by atoms with Crippen LogP contribution in [0.2, 0.25) is 0 Å². The zero-order valence-corrected chi connectivity index (χ0v) is 14.6. The molecule has 0 spiro atoms. The molecule has 0 fully saturated rings. The van der Waals surface area contributed by atoms with E-state index in [1.165, 1.54) is 4.68 Å². The van der Waals surface area contributed by atoms with Crippen molar-refractivity contribution in [1.29, 1.82) is 0 Å². The van der Waals surface area contributed by atoms with Crippen LogP contribution in [0.1, 0.15) is 22.4 Å². The van der Waals surface area contributed by atoms with Gasteiger partial charge in [-0.15, -0.1) is 0 Å². The number of carbonyl (C=O) groups is 1. The zero-order chi connectivity index (χ0) is 19.0. The molecule has 0 aliphatic rings. The summed E-state index contributed by atoms with van der Waals surface area (Å²) in [6, 6.07) is 3.08. The lowest BCUT2D eigenvalue weighted by atomic mass is 10.0. The fourth-order valence-electron chi connectivity index (χ4n) is 3.00. The van der Waals surface area contributed by atoms with Gasteiger partial charge in [0.25, 0.3) is 5.56 Å². The first kappa shape index (κ1) is 17.8. The Morgan fingerprint density at radius 1 is 1.31 bits per heavy atom. The summed E-state index contributed by atoms with van der Waals surface area (Å²) in [6.45, 7) is 3.40. The zero-order valence-electron chi connectivity index (χ0n) is 14.6. The molecular weight excluding hydrogens is 342 g/mol. The fourth-order valence-corrected chi connectivity index (χ4v) is 3.00. The van der Waals surface area contributed by atoms with E-state index in [0.717, 1.165) is 18.2 Å². The lowest BCUT2D eigenvalue weighted by Gasteiger charge is -2.11. The van der Waals surface area contributed by atoms with Crippen molar-refractivity contribution in [3.05, 3.63) is 62.6 Å². The second-order valence-electron chi connectivity index (χ2n) is 6.19. The van der Waals surface area contributed by atoms with E-state index in [-0.39, 0.29) is 30.0 Å². The van der Waals surface area contributed by atoms with Gasteiger partial charge in [-0.3, -0.25) is 19.4 Å². The number of benzene rings is 1. The summed E-state index contributed by atoms with van der Waals surface area (Å²) in [6.07, 6.45) is -0.00806. The number of halogens is 2. The first-order valence-corrected chi connectivity index (χ1v) is 8.03. The quantitative estimate of drug-likeness (QED) is 0.747. The van der Waals surface area contributed by atoms with Gasteiger partial charge in [-0.2, -0.15) is 0 Å². The molecule has 1 aromatic carbocycles. The molecule has 6 nitrogen and oxygen atoms in total. The number of aromatic amines is 1. The number of nitrogens with zero attached hydrogens (tertiary/aromatic N) is 2. The molecule has 8 heteroatoms. The van der Waals surface area contributed by atoms with Crippen molar-refractivity contribution in [3.8, 4) is 0 Å². The van der Waals surface area contributed by atoms with Crippen LogP contribution in [-0.4, -0.2) is 20.7 Å². The van der Waals surface area contributed by atoms with Crippen molar-refractivity contribution in [3.63, 3.8) is 0 Å². The van der Waals surface area contributed by atoms with Gasteiger partial charge in [0.15, 0.2) is 5.65 Å². The van der Waals surface area contributed by atoms with Gasteiger partial charge in [0.2, 0.25) is 5.91 Å². The minimum absolute atomic E-state index is 0.00806. The number of pyridine rings is 1. The smallest absolute Gasteiger partial charge is 0.273 e. The Hall–Kier alpha value is -3.03. The van der Waals surface area contributed by atoms with Crippen LogP contribution in [0.3, 0.4) is 0 Å². The molecule has 2 N–H and O–H groups in total. The fraction of sp³-hybridized carbons (Fsp3) is 0.278. The molecule has 3 rings (SSSR count). The number of H-pyrrole nitrogens is 1. The molecule has 2 heterocycles. The number of hydrogen-bond donors (Lipinski definition) is 2. The summed E-state index contributed by atoms with van der Waals surface area (Å²) in [7, 11) is 1.69. The number of nitrogens with one attached hydrogen (secondary N) is 2. The molecule has 0 aliphatic heterocycles. The van der Waals surface area contributed by atoms with Crippen LogP contribution in [0.15, 0.2) is 23.0 Å². The minimum Gasteiger partial charge on any atom is -0.352 e. The second-order valence-corrected chi connectivity index (χ2v) is 6.19. The normalized spacial score (nSPS) is 11.1. The number of amides is 1. The number of fused-ring (bicyclic) bond motifs is 1. The molecule has 3 aromatic rings. The second kappa shape index (κ2) is 6.70. The Morgan fingerprint density at radius 2 is 2.04 bits per heavy atom. The molecule has 0 aliphatic carbocycles. The Balaban J connectivity index is 1.82. The highest BCUT2D eigenvalue weighted by Crippen LogP contribution is 2.20. The third-order valence-corrected chi connectivity index (χ3v) is 4.40. The SMILES string of the molecule is Cc1nc2c(c(C)c1CC(=O)NCc1cc(F)ccc1F)c(=O)[nH]n2C. The predicted octanol–water partition coefficient (Wildman–Crippen LogP) is 2.02. The molecule has 0 bridgehead atoms. The van der Waals surface area contributed by atoms with E-state index in [1.807, 2.05) is 0 Å². The maximum absolute atomic E-state index is 13.6. The molecule has 0 radical (unpaired) electrons. The van der Waals surface area contributed by atoms with Gasteiger partial charge in [0.1, 0.15) is 11.6 Å². The van der Waals surface area contributed by atoms with E-state index < -0.39 is 11.6 Å². The minimum atomic E-state index is -0.585. The standard InChI is InChI=1S/C18H18F2N4O2/c1-9-13(10(2)22-17-16(9)18(26)23-24(17)3)7-15(25)21-8-11-6-12(19)4-5-14(11)20/h4-6H,7-8H2,1-3H3,(H,21,25)(H,23,26). The van der Waals surface area contributed by atoms with Crippen molar-refractivity contribution in [2.24, 2.45) is 7.05 Å². The summed E-state index contributed by atoms with van der Waals surface area (Å²) in [4.78, 5) is 28.7. The van der Waals surface area contributed by atoms with Crippen LogP contribution in [-0.2, 0) is 24.8 Å². The molecule has 0 saturated heterocycles. The van der Waals surface area contributed by atoms with E-state index in [9.17, 15) is 18.4 Å². The first-order chi connectivity index (χ1) is 12.3. The van der Waals surface area contributed by atoms with E-state index in [2.05, 4.69) is 15.4 Å². The highest BCUT2D eigenvalue weighted by atomic mass is 19.1. The highest BCUT2D eigenvalue weighted by molar-refractivity contribution is 5.84. The molecule has 26 heavy (non-hydrogen) atoms. The molecule has 136 valence electrons. The van der Waals surface area contributed by atoms with Crippen LogP contribution < -0.4 is 10.9 Å². The van der Waals surface area contributed by atoms with Crippen molar-refractivity contribution < 1.29 is 13.6 Å². The summed E-state index contributed by atoms with van der Waals surface area (Å²) in [5.41, 5.74) is 2.29. The van der Waals surface area contributed by atoms with Gasteiger partial charge in [-0.1, -0.05) is 0 Å². The van der Waals surface area contributed by atoms with Crippen molar-refractivity contribution in [1.82, 2.24) is 20.1 Å². The van der Waals surface area contributed by atoms with E-state index in [4.69, 9.17) is 0 Å². The third-order valence-electron chi connectivity index (χ3n) is 4.40. The Kier molecular flexibility index (Phi) is 4.58. The number of rotatable bonds is 4. The van der Waals surface area contributed by atoms with Crippen LogP contribution >= 0.6 is 0 Å². The number of hydrogen-bond acceptors (Lipinski definition) is 3. The van der Waals surface area contributed by atoms with Gasteiger partial charge in [0, 0.05) is 24.8 Å². The van der Waals surface area contributed by atoms with Crippen LogP contribution in [0, 0.1) is 25.5 Å². The Labute approximate surface area is 147 Å². The van der Waals surface area contributed by atoms with Crippen molar-refractivity contribution in [2.45, 2.75) is 26.8 Å². The maximum Gasteiger partial charge on any atom is 0.273 e. The first-order valence-electron chi connectivity index (χ1n) is 8.03. The Bertz CT molecular complexity index is 1070. The predicted molar refractivity (Wildman–Crippen MR) is 92.7 cm³/mol. The molecule has 1 amide bonds. The third kappa shape index (κ3) is 3.22. The lowest BCUT2D eigenvalue weighted by molar-refractivity contribution is -0.120. The van der Waals surface area contributed by atoms with Gasteiger partial charge in [-0.25, -0.2) is 13.8 Å². The van der Waals surface area contributed by atoms with Crippen LogP contribution in [0.5, 0.6) is 0 Å². The van der Waals surface area contributed by atoms with Gasteiger partial charge < -0.3 is 5.32 Å². The molecule has 2 aromatic heterocycles. The summed E-state index contributed by atoms with van der Waals surface area (Å²) >= 11 is 0. The largest absolute Gasteiger partial charge is 0.352 e. The Morgan fingerprint density at radius 3 is 2.77 bits per heavy atom. The maximum atomic E-state index is 13.6. The van der Waals surface area contributed by atoms with Crippen LogP contribution in [0.25, 0.3) is 11.0 Å². The number of aryl methyl sites for hydroxylation is 3. The van der Waals surface area contributed by atoms with Crippen LogP contribution in [0.4, 0.5) is 8.78 Å². The summed E-state index contributed by atoms with van der Waals surface area (Å²) in [5, 5.41) is 5.66. The van der Waals surface area contributed by atoms with Gasteiger partial charge in [-0.05, 0) is 43.2 Å². The van der Waals surface area contributed by atoms with Gasteiger partial charge >= 0.3 is 0 Å². The van der Waals surface area contributed by atoms with E-state index >= 15 is 0 Å². The topological polar surface area (TPSA) is 79.8 Å². The monoisotopic (exact) mass is 360 g/mol. The molecular formula is C18H18F2N4O2. The van der Waals surface area contributed by atoms with E-state index in [1.54, 1.807) is 20.9 Å². The lowest BCUT2D eigenvalue weighted by Crippen LogP contribution is -2.26. The summed E-state index contributed by atoms with van der Waals surface area (Å²) < 4.78 is 28.4. The van der Waals surface area contributed by atoms with Crippen molar-refractivity contribution in [2.75, 3.05) is 0 Å². The number of aromatic nitrogens is 3. The number of carbonyl (C=O) groups excluding carboxylic acids is 1. The average Bonchev–Trinajstić information content (AvgIpc) is 2.86. The molecule has 0 saturated carbocycles. The van der Waals surface area contributed by atoms with E-state index in [0.29, 0.717) is 27.9 Å². The average molecular weight is 360 g/mol.